The van der Waals surface area contributed by atoms with Crippen molar-refractivity contribution in [1.29, 1.82) is 0 Å². The Morgan fingerprint density at radius 1 is 0.513 bits per heavy atom. The monoisotopic (exact) mass is 1100 g/mol. The molecule has 16 nitrogen and oxygen atoms in total. The van der Waals surface area contributed by atoms with Gasteiger partial charge in [-0.2, -0.15) is 0 Å². The first-order chi connectivity index (χ1) is 35.7. The molecule has 6 rings (SSSR count). The van der Waals surface area contributed by atoms with E-state index in [1.807, 2.05) is 36.4 Å². The predicted molar refractivity (Wildman–Crippen MR) is 282 cm³/mol. The SMILES string of the molecule is COc1cc2c(cc1OC)C(Cc1cc(OC)c(OC)c(OC)c1)C[N+](C)(CCCOC(=O)CC/C=C/CCC(=O)OCCC[N+]1(C)CCc3cc(OC)c(OC)cc3C1Cc1cc(OC)c(OC)c(OC)c1)C2.[Cl-].[Cl-]. The zero-order valence-corrected chi connectivity index (χ0v) is 48.1. The molecule has 4 atom stereocenters. The third-order valence-electron chi connectivity index (χ3n) is 14.7. The van der Waals surface area contributed by atoms with Gasteiger partial charge in [-0.15, -0.1) is 0 Å². The van der Waals surface area contributed by atoms with Crippen LogP contribution in [0.2, 0.25) is 0 Å². The maximum atomic E-state index is 12.8. The summed E-state index contributed by atoms with van der Waals surface area (Å²) in [6, 6.07) is 16.5. The molecule has 2 heterocycles. The molecular formula is C58H80Cl2N2O14. The second kappa shape index (κ2) is 29.5. The highest BCUT2D eigenvalue weighted by Gasteiger charge is 2.41. The van der Waals surface area contributed by atoms with Crippen LogP contribution in [0.15, 0.2) is 60.7 Å². The van der Waals surface area contributed by atoms with Crippen molar-refractivity contribution in [3.63, 3.8) is 0 Å². The number of likely N-dealkylation sites (N-methyl/N-ethyl adjacent to an activating group) is 2. The summed E-state index contributed by atoms with van der Waals surface area (Å²) < 4.78 is 69.7. The largest absolute Gasteiger partial charge is 1.00 e. The Labute approximate surface area is 462 Å². The lowest BCUT2D eigenvalue weighted by Crippen LogP contribution is -3.00. The van der Waals surface area contributed by atoms with Gasteiger partial charge in [-0.1, -0.05) is 12.2 Å². The van der Waals surface area contributed by atoms with Crippen molar-refractivity contribution < 1.29 is 100 Å². The molecule has 0 saturated heterocycles. The smallest absolute Gasteiger partial charge is 0.306 e. The fourth-order valence-electron chi connectivity index (χ4n) is 10.9. The number of hydrogen-bond donors (Lipinski definition) is 0. The molecule has 4 unspecified atom stereocenters. The van der Waals surface area contributed by atoms with Gasteiger partial charge in [0.2, 0.25) is 11.5 Å². The van der Waals surface area contributed by atoms with Gasteiger partial charge in [0.15, 0.2) is 46.0 Å². The van der Waals surface area contributed by atoms with Crippen molar-refractivity contribution in [3.8, 4) is 57.5 Å². The number of quaternary nitrogens is 2. The van der Waals surface area contributed by atoms with Gasteiger partial charge in [-0.3, -0.25) is 9.59 Å². The van der Waals surface area contributed by atoms with Crippen LogP contribution in [-0.4, -0.2) is 145 Å². The number of rotatable bonds is 28. The lowest BCUT2D eigenvalue weighted by Gasteiger charge is -2.46. The number of nitrogens with zero attached hydrogens (tertiary/aromatic N) is 2. The van der Waals surface area contributed by atoms with Crippen molar-refractivity contribution in [2.75, 3.05) is 125 Å². The van der Waals surface area contributed by atoms with E-state index in [2.05, 4.69) is 38.4 Å². The summed E-state index contributed by atoms with van der Waals surface area (Å²) in [6.45, 7) is 4.83. The van der Waals surface area contributed by atoms with Crippen molar-refractivity contribution in [3.05, 3.63) is 94.1 Å². The van der Waals surface area contributed by atoms with Crippen LogP contribution in [0.25, 0.3) is 0 Å². The van der Waals surface area contributed by atoms with Crippen LogP contribution in [0.3, 0.4) is 0 Å². The van der Waals surface area contributed by atoms with Gasteiger partial charge < -0.3 is 90.6 Å². The minimum absolute atomic E-state index is 0. The zero-order valence-electron chi connectivity index (χ0n) is 46.6. The molecule has 0 fully saturated rings. The Morgan fingerprint density at radius 3 is 1.39 bits per heavy atom. The Morgan fingerprint density at radius 2 is 0.934 bits per heavy atom. The molecule has 0 N–H and O–H groups in total. The van der Waals surface area contributed by atoms with Gasteiger partial charge >= 0.3 is 11.9 Å². The van der Waals surface area contributed by atoms with Gasteiger partial charge in [-0.05, 0) is 90.0 Å². The number of carbonyl (C=O) groups is 2. The van der Waals surface area contributed by atoms with E-state index in [-0.39, 0.29) is 61.6 Å². The lowest BCUT2D eigenvalue weighted by molar-refractivity contribution is -0.941. The lowest BCUT2D eigenvalue weighted by atomic mass is 9.83. The molecule has 2 aliphatic rings. The van der Waals surface area contributed by atoms with E-state index in [4.69, 9.17) is 56.8 Å². The number of methoxy groups -OCH3 is 10. The van der Waals surface area contributed by atoms with Gasteiger partial charge in [0, 0.05) is 55.6 Å². The Balaban J connectivity index is 0.00000624. The van der Waals surface area contributed by atoms with E-state index in [1.54, 1.807) is 71.1 Å². The van der Waals surface area contributed by atoms with Crippen LogP contribution in [0.5, 0.6) is 57.5 Å². The predicted octanol–water partition coefficient (Wildman–Crippen LogP) is 3.04. The van der Waals surface area contributed by atoms with E-state index in [9.17, 15) is 9.59 Å². The Kier molecular flexibility index (Phi) is 24.3. The summed E-state index contributed by atoms with van der Waals surface area (Å²) >= 11 is 0. The van der Waals surface area contributed by atoms with Gasteiger partial charge in [0.05, 0.1) is 125 Å². The molecule has 2 aliphatic heterocycles. The number of benzene rings is 4. The summed E-state index contributed by atoms with van der Waals surface area (Å²) in [7, 11) is 20.9. The summed E-state index contributed by atoms with van der Waals surface area (Å²) in [5, 5.41) is 0. The molecule has 0 aliphatic carbocycles. The molecule has 18 heteroatoms. The first-order valence-corrected chi connectivity index (χ1v) is 25.4. The number of fused-ring (bicyclic) bond motifs is 2. The highest BCUT2D eigenvalue weighted by atomic mass is 35.5. The molecule has 0 saturated carbocycles. The Hall–Kier alpha value is -5.94. The van der Waals surface area contributed by atoms with Gasteiger partial charge in [0.1, 0.15) is 12.6 Å². The van der Waals surface area contributed by atoms with Crippen LogP contribution < -0.4 is 72.2 Å². The Bertz CT molecular complexity index is 2530. The number of halogens is 2. The average molecular weight is 1100 g/mol. The molecule has 0 aromatic heterocycles. The minimum Gasteiger partial charge on any atom is -1.00 e. The molecule has 0 amide bonds. The molecule has 420 valence electrons. The van der Waals surface area contributed by atoms with E-state index in [0.29, 0.717) is 103 Å². The molecular weight excluding hydrogens is 1020 g/mol. The van der Waals surface area contributed by atoms with Crippen LogP contribution in [0.4, 0.5) is 0 Å². The molecule has 0 radical (unpaired) electrons. The standard InChI is InChI=1S/C58H80N2O14.2ClH/c1-59(37-42(44-35-49(65-5)48(64-4)34-43(44)38-59)27-39-29-51(67-7)57(71-11)52(30-39)68-8)22-17-25-73-55(61)19-15-13-14-16-20-56(62)74-26-18-23-60(2)24-21-41-33-47(63-3)50(66-6)36-45(41)46(60)28-40-31-53(69-9)58(72-12)54(32-40)70-10;;/h13-14,29-36,42,46H,15-28,37-38H2,1-12H3;2*1H/q+2;;/p-2/b14-13+;;. The minimum atomic E-state index is -0.244. The number of esters is 2. The average Bonchev–Trinajstić information content (AvgIpc) is 3.41. The molecule has 76 heavy (non-hydrogen) atoms. The van der Waals surface area contributed by atoms with E-state index < -0.39 is 0 Å². The number of ether oxygens (including phenoxy) is 12. The normalized spacial score (nSPS) is 18.4. The highest BCUT2D eigenvalue weighted by molar-refractivity contribution is 5.70. The van der Waals surface area contributed by atoms with E-state index in [0.717, 1.165) is 65.7 Å². The van der Waals surface area contributed by atoms with Crippen molar-refractivity contribution in [1.82, 2.24) is 0 Å². The maximum absolute atomic E-state index is 12.8. The van der Waals surface area contributed by atoms with Crippen molar-refractivity contribution in [2.45, 2.75) is 76.3 Å². The van der Waals surface area contributed by atoms with Gasteiger partial charge in [-0.25, -0.2) is 0 Å². The molecule has 4 aromatic rings. The summed E-state index contributed by atoms with van der Waals surface area (Å²) in [4.78, 5) is 25.6. The van der Waals surface area contributed by atoms with Crippen molar-refractivity contribution >= 4 is 11.9 Å². The van der Waals surface area contributed by atoms with Crippen LogP contribution in [0.1, 0.15) is 83.9 Å². The van der Waals surface area contributed by atoms with Crippen LogP contribution in [-0.2, 0) is 44.9 Å². The second-order valence-electron chi connectivity index (χ2n) is 19.6. The molecule has 0 bridgehead atoms. The number of hydrogen-bond acceptors (Lipinski definition) is 14. The molecule has 0 spiro atoms. The quantitative estimate of drug-likeness (QED) is 0.0356. The maximum Gasteiger partial charge on any atom is 0.306 e. The first kappa shape index (κ1) is 62.6. The van der Waals surface area contributed by atoms with Crippen LogP contribution in [0, 0.1) is 0 Å². The van der Waals surface area contributed by atoms with Crippen molar-refractivity contribution in [2.24, 2.45) is 0 Å². The summed E-state index contributed by atoms with van der Waals surface area (Å²) in [6.07, 6.45) is 9.16. The molecule has 4 aromatic carbocycles. The topological polar surface area (TPSA) is 145 Å². The van der Waals surface area contributed by atoms with Gasteiger partial charge in [0.25, 0.3) is 0 Å². The number of allylic oxidation sites excluding steroid dienone is 2. The van der Waals surface area contributed by atoms with Crippen LogP contribution >= 0.6 is 0 Å². The van der Waals surface area contributed by atoms with E-state index in [1.165, 1.54) is 22.3 Å². The second-order valence-corrected chi connectivity index (χ2v) is 19.6. The summed E-state index contributed by atoms with van der Waals surface area (Å²) in [5.74, 6) is 6.00. The zero-order chi connectivity index (χ0) is 53.4. The fourth-order valence-corrected chi connectivity index (χ4v) is 10.9. The van der Waals surface area contributed by atoms with E-state index >= 15 is 0 Å². The third-order valence-corrected chi connectivity index (χ3v) is 14.7. The number of carbonyl (C=O) groups excluding carboxylic acids is 2. The first-order valence-electron chi connectivity index (χ1n) is 25.4. The summed E-state index contributed by atoms with van der Waals surface area (Å²) in [5.41, 5.74) is 6.95. The fraction of sp³-hybridized carbons (Fsp3) is 0.517. The highest BCUT2D eigenvalue weighted by Crippen LogP contribution is 2.46. The third kappa shape index (κ3) is 15.4.